The number of esters is 1. The summed E-state index contributed by atoms with van der Waals surface area (Å²) in [4.78, 5) is 17.8. The number of hydrogen-bond donors (Lipinski definition) is 1. The lowest BCUT2D eigenvalue weighted by Gasteiger charge is -2.31. The van der Waals surface area contributed by atoms with Crippen LogP contribution in [0.1, 0.15) is 46.5 Å². The zero-order valence-corrected chi connectivity index (χ0v) is 15.1. The molecule has 0 aromatic carbocycles. The van der Waals surface area contributed by atoms with Crippen molar-refractivity contribution < 1.29 is 9.53 Å². The van der Waals surface area contributed by atoms with E-state index in [4.69, 9.17) is 10.5 Å². The summed E-state index contributed by atoms with van der Waals surface area (Å²) in [5.74, 6) is 1.14. The van der Waals surface area contributed by atoms with Gasteiger partial charge in [0.25, 0.3) is 0 Å². The van der Waals surface area contributed by atoms with Crippen molar-refractivity contribution in [3.63, 3.8) is 0 Å². The van der Waals surface area contributed by atoms with Crippen molar-refractivity contribution in [3.8, 4) is 0 Å². The second kappa shape index (κ2) is 10.2. The number of ether oxygens (including phenoxy) is 1. The largest absolute Gasteiger partial charge is 0.463 e. The number of guanidine groups is 1. The first-order valence-corrected chi connectivity index (χ1v) is 7.23. The molecule has 1 rings (SSSR count). The van der Waals surface area contributed by atoms with Crippen LogP contribution in [-0.2, 0) is 9.53 Å². The monoisotopic (exact) mass is 397 g/mol. The molecule has 2 N–H and O–H groups in total. The van der Waals surface area contributed by atoms with Gasteiger partial charge >= 0.3 is 5.97 Å². The predicted octanol–water partition coefficient (Wildman–Crippen LogP) is 2.38. The van der Waals surface area contributed by atoms with Gasteiger partial charge < -0.3 is 15.4 Å². The molecule has 118 valence electrons. The van der Waals surface area contributed by atoms with E-state index in [1.807, 2.05) is 13.8 Å². The molecule has 1 unspecified atom stereocenters. The van der Waals surface area contributed by atoms with Gasteiger partial charge in [0.1, 0.15) is 0 Å². The first kappa shape index (κ1) is 19.5. The Labute approximate surface area is 139 Å². The summed E-state index contributed by atoms with van der Waals surface area (Å²) in [7, 11) is 0. The molecule has 0 radical (unpaired) electrons. The zero-order chi connectivity index (χ0) is 14.3. The van der Waals surface area contributed by atoms with Crippen LogP contribution in [0.2, 0.25) is 0 Å². The van der Waals surface area contributed by atoms with E-state index in [2.05, 4.69) is 16.8 Å². The van der Waals surface area contributed by atoms with Crippen LogP contribution in [0, 0.1) is 5.92 Å². The van der Waals surface area contributed by atoms with Gasteiger partial charge in [0, 0.05) is 26.1 Å². The highest BCUT2D eigenvalue weighted by Gasteiger charge is 2.17. The molecular weight excluding hydrogens is 369 g/mol. The highest BCUT2D eigenvalue weighted by Crippen LogP contribution is 2.14. The molecule has 20 heavy (non-hydrogen) atoms. The smallest absolute Gasteiger partial charge is 0.306 e. The molecule has 1 aliphatic heterocycles. The minimum absolute atomic E-state index is 0. The highest BCUT2D eigenvalue weighted by atomic mass is 127. The number of piperidine rings is 1. The summed E-state index contributed by atoms with van der Waals surface area (Å²) >= 11 is 0. The lowest BCUT2D eigenvalue weighted by molar-refractivity contribution is -0.147. The molecule has 0 aromatic heterocycles. The molecule has 0 aliphatic carbocycles. The van der Waals surface area contributed by atoms with E-state index in [1.165, 1.54) is 12.8 Å². The summed E-state index contributed by atoms with van der Waals surface area (Å²) < 4.78 is 5.06. The molecule has 1 aliphatic rings. The first-order valence-electron chi connectivity index (χ1n) is 7.23. The van der Waals surface area contributed by atoms with Crippen LogP contribution in [0.4, 0.5) is 0 Å². The van der Waals surface area contributed by atoms with Crippen LogP contribution in [0.15, 0.2) is 4.99 Å². The average Bonchev–Trinajstić information content (AvgIpc) is 2.33. The molecule has 6 heteroatoms. The van der Waals surface area contributed by atoms with Gasteiger partial charge in [0.2, 0.25) is 0 Å². The summed E-state index contributed by atoms with van der Waals surface area (Å²) in [6.07, 6.45) is 3.50. The molecule has 5 nitrogen and oxygen atoms in total. The van der Waals surface area contributed by atoms with Crippen molar-refractivity contribution in [1.29, 1.82) is 0 Å². The molecule has 0 spiro atoms. The SMILES string of the molecule is CC1CCCN(C(N)=NCCCC(=O)OC(C)C)C1.I. The molecule has 0 bridgehead atoms. The fourth-order valence-corrected chi connectivity index (χ4v) is 2.24. The highest BCUT2D eigenvalue weighted by molar-refractivity contribution is 14.0. The maximum Gasteiger partial charge on any atom is 0.306 e. The minimum atomic E-state index is -0.157. The molecule has 0 aromatic rings. The normalized spacial score (nSPS) is 19.7. The van der Waals surface area contributed by atoms with E-state index >= 15 is 0 Å². The summed E-state index contributed by atoms with van der Waals surface area (Å²) in [5.41, 5.74) is 5.97. The van der Waals surface area contributed by atoms with Crippen molar-refractivity contribution in [2.24, 2.45) is 16.6 Å². The number of halogens is 1. The number of hydrogen-bond acceptors (Lipinski definition) is 3. The van der Waals surface area contributed by atoms with Gasteiger partial charge in [0.15, 0.2) is 5.96 Å². The van der Waals surface area contributed by atoms with Crippen molar-refractivity contribution in [3.05, 3.63) is 0 Å². The molecule has 1 atom stereocenters. The Morgan fingerprint density at radius 2 is 2.20 bits per heavy atom. The maximum atomic E-state index is 11.3. The van der Waals surface area contributed by atoms with Gasteiger partial charge in [-0.25, -0.2) is 0 Å². The van der Waals surface area contributed by atoms with E-state index < -0.39 is 0 Å². The van der Waals surface area contributed by atoms with Crippen molar-refractivity contribution >= 4 is 35.9 Å². The van der Waals surface area contributed by atoms with Crippen LogP contribution in [0.25, 0.3) is 0 Å². The number of carbonyl (C=O) groups is 1. The third-order valence-corrected chi connectivity index (χ3v) is 3.16. The average molecular weight is 397 g/mol. The van der Waals surface area contributed by atoms with Gasteiger partial charge in [-0.1, -0.05) is 6.92 Å². The minimum Gasteiger partial charge on any atom is -0.463 e. The fraction of sp³-hybridized carbons (Fsp3) is 0.857. The Kier molecular flexibility index (Phi) is 9.96. The standard InChI is InChI=1S/C14H27N3O2.HI/c1-11(2)19-13(18)7-4-8-16-14(15)17-9-5-6-12(3)10-17;/h11-12H,4-10H2,1-3H3,(H2,15,16);1H. The third kappa shape index (κ3) is 7.91. The van der Waals surface area contributed by atoms with E-state index in [9.17, 15) is 4.79 Å². The Morgan fingerprint density at radius 3 is 2.80 bits per heavy atom. The van der Waals surface area contributed by atoms with Gasteiger partial charge in [-0.2, -0.15) is 0 Å². The lowest BCUT2D eigenvalue weighted by Crippen LogP contribution is -2.43. The van der Waals surface area contributed by atoms with E-state index in [0.717, 1.165) is 13.1 Å². The van der Waals surface area contributed by atoms with Crippen LogP contribution in [-0.4, -0.2) is 42.6 Å². The van der Waals surface area contributed by atoms with Crippen LogP contribution in [0.5, 0.6) is 0 Å². The topological polar surface area (TPSA) is 67.9 Å². The van der Waals surface area contributed by atoms with E-state index in [1.54, 1.807) is 0 Å². The number of nitrogens with zero attached hydrogens (tertiary/aromatic N) is 2. The zero-order valence-electron chi connectivity index (χ0n) is 12.8. The fourth-order valence-electron chi connectivity index (χ4n) is 2.24. The number of nitrogens with two attached hydrogens (primary N) is 1. The number of carbonyl (C=O) groups excluding carboxylic acids is 1. The second-order valence-corrected chi connectivity index (χ2v) is 5.58. The Hall–Kier alpha value is -0.530. The van der Waals surface area contributed by atoms with E-state index in [0.29, 0.717) is 31.3 Å². The predicted molar refractivity (Wildman–Crippen MR) is 92.3 cm³/mol. The molecular formula is C14H28IN3O2. The van der Waals surface area contributed by atoms with Gasteiger partial charge in [-0.15, -0.1) is 24.0 Å². The Bertz CT molecular complexity index is 322. The number of likely N-dealkylation sites (tertiary alicyclic amines) is 1. The third-order valence-electron chi connectivity index (χ3n) is 3.16. The van der Waals surface area contributed by atoms with Crippen LogP contribution >= 0.6 is 24.0 Å². The quantitative estimate of drug-likeness (QED) is 0.254. The molecule has 1 heterocycles. The van der Waals surface area contributed by atoms with Crippen molar-refractivity contribution in [2.45, 2.75) is 52.6 Å². The summed E-state index contributed by atoms with van der Waals surface area (Å²) in [6, 6.07) is 0. The molecule has 1 saturated heterocycles. The van der Waals surface area contributed by atoms with Crippen molar-refractivity contribution in [1.82, 2.24) is 4.90 Å². The Balaban J connectivity index is 0.00000361. The van der Waals surface area contributed by atoms with Gasteiger partial charge in [-0.3, -0.25) is 9.79 Å². The Morgan fingerprint density at radius 1 is 1.50 bits per heavy atom. The summed E-state index contributed by atoms with van der Waals surface area (Å²) in [6.45, 7) is 8.52. The second-order valence-electron chi connectivity index (χ2n) is 5.58. The van der Waals surface area contributed by atoms with Gasteiger partial charge in [-0.05, 0) is 39.0 Å². The van der Waals surface area contributed by atoms with E-state index in [-0.39, 0.29) is 36.0 Å². The maximum absolute atomic E-state index is 11.3. The summed E-state index contributed by atoms with van der Waals surface area (Å²) in [5, 5.41) is 0. The van der Waals surface area contributed by atoms with Gasteiger partial charge in [0.05, 0.1) is 6.10 Å². The molecule has 0 saturated carbocycles. The number of aliphatic imine (C=N–C) groups is 1. The molecule has 1 fully saturated rings. The number of rotatable bonds is 5. The van der Waals surface area contributed by atoms with Crippen molar-refractivity contribution in [2.75, 3.05) is 19.6 Å². The molecule has 0 amide bonds. The first-order chi connectivity index (χ1) is 8.99. The van der Waals surface area contributed by atoms with Crippen LogP contribution < -0.4 is 5.73 Å². The van der Waals surface area contributed by atoms with Crippen LogP contribution in [0.3, 0.4) is 0 Å². The lowest BCUT2D eigenvalue weighted by atomic mass is 10.0.